The minimum Gasteiger partial charge on any atom is -0.392 e. The molecule has 1 aromatic rings. The highest BCUT2D eigenvalue weighted by Gasteiger charge is 2.39. The molecule has 0 radical (unpaired) electrons. The molecule has 21 heavy (non-hydrogen) atoms. The summed E-state index contributed by atoms with van der Waals surface area (Å²) in [6, 6.07) is 5.26. The van der Waals surface area contributed by atoms with Gasteiger partial charge >= 0.3 is 0 Å². The van der Waals surface area contributed by atoms with Crippen LogP contribution in [-0.2, 0) is 23.1 Å². The molecule has 0 bridgehead atoms. The van der Waals surface area contributed by atoms with Crippen molar-refractivity contribution in [3.8, 4) is 0 Å². The predicted molar refractivity (Wildman–Crippen MR) is 83.5 cm³/mol. The summed E-state index contributed by atoms with van der Waals surface area (Å²) < 4.78 is 27.5. The van der Waals surface area contributed by atoms with Crippen molar-refractivity contribution in [2.75, 3.05) is 0 Å². The average Bonchev–Trinajstić information content (AvgIpc) is 2.88. The fourth-order valence-corrected chi connectivity index (χ4v) is 5.24. The van der Waals surface area contributed by atoms with E-state index in [2.05, 4.69) is 0 Å². The predicted octanol–water partition coefficient (Wildman–Crippen LogP) is 2.69. The number of hydrogen-bond acceptors (Lipinski definition) is 3. The molecule has 0 aromatic heterocycles. The Hall–Kier alpha value is -0.910. The number of aliphatic hydroxyl groups excluding tert-OH is 1. The molecule has 1 saturated heterocycles. The monoisotopic (exact) mass is 311 g/mol. The van der Waals surface area contributed by atoms with E-state index in [-0.39, 0.29) is 18.7 Å². The number of sulfonamides is 1. The number of benzene rings is 1. The molecule has 4 nitrogen and oxygen atoms in total. The van der Waals surface area contributed by atoms with Gasteiger partial charge in [-0.25, -0.2) is 8.42 Å². The second-order valence-electron chi connectivity index (χ2n) is 5.77. The lowest BCUT2D eigenvalue weighted by Crippen LogP contribution is -2.39. The number of aryl methyl sites for hydroxylation is 1. The van der Waals surface area contributed by atoms with Gasteiger partial charge in [0.15, 0.2) is 0 Å². The second kappa shape index (κ2) is 6.46. The molecular formula is C16H25NO3S. The van der Waals surface area contributed by atoms with E-state index in [1.807, 2.05) is 26.8 Å². The van der Waals surface area contributed by atoms with Crippen molar-refractivity contribution in [2.24, 2.45) is 0 Å². The summed E-state index contributed by atoms with van der Waals surface area (Å²) in [4.78, 5) is 0.302. The lowest BCUT2D eigenvalue weighted by atomic mass is 10.1. The first-order valence-electron chi connectivity index (χ1n) is 7.71. The van der Waals surface area contributed by atoms with Crippen LogP contribution in [0.1, 0.15) is 51.2 Å². The third-order valence-electron chi connectivity index (χ3n) is 4.49. The zero-order valence-electron chi connectivity index (χ0n) is 13.0. The van der Waals surface area contributed by atoms with Crippen molar-refractivity contribution in [1.29, 1.82) is 0 Å². The first-order chi connectivity index (χ1) is 9.95. The SMILES string of the molecule is CCc1ccc(S(=O)(=O)N2C(C)CCC2CC)cc1CO. The van der Waals surface area contributed by atoms with Crippen LogP contribution < -0.4 is 0 Å². The molecule has 0 saturated carbocycles. The summed E-state index contributed by atoms with van der Waals surface area (Å²) in [7, 11) is -3.48. The van der Waals surface area contributed by atoms with Gasteiger partial charge in [0.25, 0.3) is 0 Å². The van der Waals surface area contributed by atoms with Gasteiger partial charge in [0.05, 0.1) is 11.5 Å². The zero-order valence-corrected chi connectivity index (χ0v) is 13.9. The Bertz CT molecular complexity index is 598. The van der Waals surface area contributed by atoms with Gasteiger partial charge in [-0.15, -0.1) is 0 Å². The maximum absolute atomic E-state index is 12.9. The topological polar surface area (TPSA) is 57.6 Å². The van der Waals surface area contributed by atoms with Gasteiger partial charge < -0.3 is 5.11 Å². The quantitative estimate of drug-likeness (QED) is 0.909. The molecule has 0 spiro atoms. The van der Waals surface area contributed by atoms with Crippen molar-refractivity contribution in [2.45, 2.75) is 70.0 Å². The maximum atomic E-state index is 12.9. The Kier molecular flexibility index (Phi) is 5.07. The standard InChI is InChI=1S/C16H25NO3S/c1-4-13-7-9-16(10-14(13)11-18)21(19,20)17-12(3)6-8-15(17)5-2/h7,9-10,12,15,18H,4-6,8,11H2,1-3H3. The van der Waals surface area contributed by atoms with Crippen LogP contribution in [0, 0.1) is 0 Å². The molecule has 2 unspecified atom stereocenters. The lowest BCUT2D eigenvalue weighted by molar-refractivity contribution is 0.280. The van der Waals surface area contributed by atoms with E-state index in [9.17, 15) is 13.5 Å². The number of hydrogen-bond donors (Lipinski definition) is 1. The summed E-state index contributed by atoms with van der Waals surface area (Å²) in [6.07, 6.45) is 3.46. The Labute approximate surface area is 127 Å². The number of aliphatic hydroxyl groups is 1. The molecule has 5 heteroatoms. The highest BCUT2D eigenvalue weighted by Crippen LogP contribution is 2.33. The summed E-state index contributed by atoms with van der Waals surface area (Å²) in [6.45, 7) is 5.88. The molecule has 0 amide bonds. The minimum atomic E-state index is -3.48. The van der Waals surface area contributed by atoms with Crippen LogP contribution in [0.5, 0.6) is 0 Å². The normalized spacial score (nSPS) is 23.6. The van der Waals surface area contributed by atoms with Gasteiger partial charge in [-0.2, -0.15) is 4.31 Å². The van der Waals surface area contributed by atoms with E-state index in [0.717, 1.165) is 31.2 Å². The minimum absolute atomic E-state index is 0.0448. The largest absolute Gasteiger partial charge is 0.392 e. The van der Waals surface area contributed by atoms with E-state index in [1.165, 1.54) is 0 Å². The average molecular weight is 311 g/mol. The zero-order chi connectivity index (χ0) is 15.6. The summed E-state index contributed by atoms with van der Waals surface area (Å²) in [5.74, 6) is 0. The molecule has 2 atom stereocenters. The molecule has 1 fully saturated rings. The molecule has 1 aliphatic heterocycles. The van der Waals surface area contributed by atoms with Gasteiger partial charge in [-0.1, -0.05) is 19.9 Å². The fourth-order valence-electron chi connectivity index (χ4n) is 3.24. The van der Waals surface area contributed by atoms with E-state index < -0.39 is 10.0 Å². The van der Waals surface area contributed by atoms with Crippen molar-refractivity contribution < 1.29 is 13.5 Å². The molecule has 1 heterocycles. The molecule has 118 valence electrons. The number of rotatable bonds is 5. The van der Waals surface area contributed by atoms with Crippen LogP contribution in [-0.4, -0.2) is 29.9 Å². The first-order valence-corrected chi connectivity index (χ1v) is 9.15. The van der Waals surface area contributed by atoms with Gasteiger partial charge in [-0.3, -0.25) is 0 Å². The molecule has 1 aromatic carbocycles. The van der Waals surface area contributed by atoms with Crippen LogP contribution in [0.2, 0.25) is 0 Å². The van der Waals surface area contributed by atoms with Crippen molar-refractivity contribution in [3.05, 3.63) is 29.3 Å². The van der Waals surface area contributed by atoms with Crippen LogP contribution >= 0.6 is 0 Å². The van der Waals surface area contributed by atoms with Crippen LogP contribution in [0.25, 0.3) is 0 Å². The second-order valence-corrected chi connectivity index (χ2v) is 7.61. The third-order valence-corrected chi connectivity index (χ3v) is 6.55. The molecule has 0 aliphatic carbocycles. The molecule has 1 aliphatic rings. The van der Waals surface area contributed by atoms with Crippen molar-refractivity contribution in [3.63, 3.8) is 0 Å². The van der Waals surface area contributed by atoms with Crippen LogP contribution in [0.15, 0.2) is 23.1 Å². The van der Waals surface area contributed by atoms with Gasteiger partial charge in [0, 0.05) is 12.1 Å². The van der Waals surface area contributed by atoms with Crippen molar-refractivity contribution >= 4 is 10.0 Å². The molecule has 2 rings (SSSR count). The molecule has 1 N–H and O–H groups in total. The van der Waals surface area contributed by atoms with Gasteiger partial charge in [-0.05, 0) is 55.9 Å². The highest BCUT2D eigenvalue weighted by molar-refractivity contribution is 7.89. The fraction of sp³-hybridized carbons (Fsp3) is 0.625. The summed E-state index contributed by atoms with van der Waals surface area (Å²) >= 11 is 0. The third kappa shape index (κ3) is 3.00. The Morgan fingerprint density at radius 1 is 1.24 bits per heavy atom. The van der Waals surface area contributed by atoms with Crippen LogP contribution in [0.4, 0.5) is 0 Å². The molecular weight excluding hydrogens is 286 g/mol. The Morgan fingerprint density at radius 3 is 2.52 bits per heavy atom. The van der Waals surface area contributed by atoms with Gasteiger partial charge in [0.1, 0.15) is 0 Å². The van der Waals surface area contributed by atoms with Gasteiger partial charge in [0.2, 0.25) is 10.0 Å². The van der Waals surface area contributed by atoms with Crippen molar-refractivity contribution in [1.82, 2.24) is 4.31 Å². The van der Waals surface area contributed by atoms with E-state index >= 15 is 0 Å². The smallest absolute Gasteiger partial charge is 0.243 e. The van der Waals surface area contributed by atoms with E-state index in [4.69, 9.17) is 0 Å². The summed E-state index contributed by atoms with van der Waals surface area (Å²) in [5, 5.41) is 9.45. The number of nitrogens with zero attached hydrogens (tertiary/aromatic N) is 1. The lowest BCUT2D eigenvalue weighted by Gasteiger charge is -2.27. The van der Waals surface area contributed by atoms with E-state index in [0.29, 0.717) is 10.5 Å². The Morgan fingerprint density at radius 2 is 1.95 bits per heavy atom. The Balaban J connectivity index is 2.44. The highest BCUT2D eigenvalue weighted by atomic mass is 32.2. The first kappa shape index (κ1) is 16.5. The maximum Gasteiger partial charge on any atom is 0.243 e. The van der Waals surface area contributed by atoms with Crippen LogP contribution in [0.3, 0.4) is 0 Å². The summed E-state index contributed by atoms with van der Waals surface area (Å²) in [5.41, 5.74) is 1.71. The van der Waals surface area contributed by atoms with E-state index in [1.54, 1.807) is 16.4 Å².